The number of rotatable bonds is 3. The summed E-state index contributed by atoms with van der Waals surface area (Å²) in [6, 6.07) is 6.28. The third-order valence-electron chi connectivity index (χ3n) is 2.62. The Bertz CT molecular complexity index is 716. The first-order valence-corrected chi connectivity index (χ1v) is 7.39. The molecular formula is C15H13ClN2O2S. The Labute approximate surface area is 131 Å². The average Bonchev–Trinajstić information content (AvgIpc) is 2.90. The summed E-state index contributed by atoms with van der Waals surface area (Å²) in [7, 11) is 0. The molecule has 1 aromatic carbocycles. The van der Waals surface area contributed by atoms with E-state index in [2.05, 4.69) is 17.2 Å². The number of nitrogens with two attached hydrogens (primary N) is 1. The maximum Gasteiger partial charge on any atom is 0.255 e. The number of thiophene rings is 1. The summed E-state index contributed by atoms with van der Waals surface area (Å²) < 4.78 is 0. The highest BCUT2D eigenvalue weighted by Crippen LogP contribution is 2.22. The Kier molecular flexibility index (Phi) is 5.23. The molecule has 0 aliphatic heterocycles. The van der Waals surface area contributed by atoms with Gasteiger partial charge in [0.05, 0.1) is 18.7 Å². The molecule has 0 saturated carbocycles. The highest BCUT2D eigenvalue weighted by molar-refractivity contribution is 7.10. The molecule has 21 heavy (non-hydrogen) atoms. The minimum atomic E-state index is -0.354. The summed E-state index contributed by atoms with van der Waals surface area (Å²) >= 11 is 7.23. The van der Waals surface area contributed by atoms with Crippen LogP contribution in [0.25, 0.3) is 0 Å². The number of carbonyl (C=O) groups is 1. The smallest absolute Gasteiger partial charge is 0.255 e. The molecule has 0 spiro atoms. The van der Waals surface area contributed by atoms with Crippen molar-refractivity contribution in [1.29, 1.82) is 0 Å². The van der Waals surface area contributed by atoms with Crippen LogP contribution in [0.4, 0.5) is 0 Å². The second-order valence-electron chi connectivity index (χ2n) is 4.15. The predicted octanol–water partition coefficient (Wildman–Crippen LogP) is 2.35. The van der Waals surface area contributed by atoms with Crippen LogP contribution < -0.4 is 11.1 Å². The molecule has 6 heteroatoms. The molecule has 0 aliphatic rings. The second kappa shape index (κ2) is 7.14. The van der Waals surface area contributed by atoms with E-state index in [-0.39, 0.29) is 17.2 Å². The number of aromatic hydroxyl groups is 1. The molecule has 0 radical (unpaired) electrons. The van der Waals surface area contributed by atoms with Gasteiger partial charge in [0.25, 0.3) is 5.91 Å². The number of nitrogens with one attached hydrogen (secondary N) is 1. The number of carbonyl (C=O) groups excluding carboxylic acids is 1. The van der Waals surface area contributed by atoms with Crippen molar-refractivity contribution in [3.63, 3.8) is 0 Å². The highest BCUT2D eigenvalue weighted by atomic mass is 35.5. The van der Waals surface area contributed by atoms with E-state index >= 15 is 0 Å². The van der Waals surface area contributed by atoms with Crippen molar-refractivity contribution in [1.82, 2.24) is 5.32 Å². The van der Waals surface area contributed by atoms with Crippen molar-refractivity contribution in [3.8, 4) is 17.6 Å². The van der Waals surface area contributed by atoms with Gasteiger partial charge >= 0.3 is 0 Å². The molecule has 0 atom stereocenters. The van der Waals surface area contributed by atoms with E-state index in [1.807, 2.05) is 11.4 Å². The van der Waals surface area contributed by atoms with Crippen LogP contribution in [-0.4, -0.2) is 17.6 Å². The summed E-state index contributed by atoms with van der Waals surface area (Å²) in [5.41, 5.74) is 6.38. The third kappa shape index (κ3) is 4.23. The molecule has 0 fully saturated rings. The van der Waals surface area contributed by atoms with E-state index in [0.29, 0.717) is 18.1 Å². The monoisotopic (exact) mass is 320 g/mol. The van der Waals surface area contributed by atoms with E-state index in [9.17, 15) is 9.90 Å². The van der Waals surface area contributed by atoms with Gasteiger partial charge in [-0.15, -0.1) is 11.3 Å². The van der Waals surface area contributed by atoms with Crippen LogP contribution in [0.2, 0.25) is 5.02 Å². The zero-order valence-electron chi connectivity index (χ0n) is 11.0. The number of hydrogen-bond acceptors (Lipinski definition) is 4. The van der Waals surface area contributed by atoms with Crippen LogP contribution in [0.3, 0.4) is 0 Å². The summed E-state index contributed by atoms with van der Waals surface area (Å²) in [5.74, 6) is 5.21. The number of phenolic OH excluding ortho intramolecular Hbond substituents is 1. The molecule has 2 aromatic rings. The quantitative estimate of drug-likeness (QED) is 0.760. The molecule has 4 nitrogen and oxygen atoms in total. The molecule has 2 rings (SSSR count). The van der Waals surface area contributed by atoms with Gasteiger partial charge in [0.15, 0.2) is 0 Å². The lowest BCUT2D eigenvalue weighted by molar-refractivity contribution is 0.0948. The first-order chi connectivity index (χ1) is 10.1. The van der Waals surface area contributed by atoms with Gasteiger partial charge in [-0.3, -0.25) is 4.79 Å². The zero-order chi connectivity index (χ0) is 15.2. The van der Waals surface area contributed by atoms with Gasteiger partial charge < -0.3 is 16.2 Å². The lowest BCUT2D eigenvalue weighted by atomic mass is 10.2. The first-order valence-electron chi connectivity index (χ1n) is 6.13. The van der Waals surface area contributed by atoms with Gasteiger partial charge in [-0.05, 0) is 24.3 Å². The molecule has 0 bridgehead atoms. The SMILES string of the molecule is NCC#Cc1csc(CNC(=O)c2ccc(Cl)cc2O)c1. The molecule has 4 N–H and O–H groups in total. The number of hydrogen-bond donors (Lipinski definition) is 3. The van der Waals surface area contributed by atoms with Crippen LogP contribution in [0.15, 0.2) is 29.6 Å². The van der Waals surface area contributed by atoms with E-state index in [4.69, 9.17) is 17.3 Å². The molecule has 1 amide bonds. The number of benzene rings is 1. The van der Waals surface area contributed by atoms with Crippen molar-refractivity contribution in [2.45, 2.75) is 6.54 Å². The third-order valence-corrected chi connectivity index (χ3v) is 3.79. The lowest BCUT2D eigenvalue weighted by Gasteiger charge is -2.05. The van der Waals surface area contributed by atoms with E-state index in [1.54, 1.807) is 6.07 Å². The minimum Gasteiger partial charge on any atom is -0.507 e. The molecule has 0 aliphatic carbocycles. The van der Waals surface area contributed by atoms with Crippen molar-refractivity contribution < 1.29 is 9.90 Å². The fourth-order valence-corrected chi connectivity index (χ4v) is 2.57. The first kappa shape index (κ1) is 15.4. The molecular weight excluding hydrogens is 308 g/mol. The highest BCUT2D eigenvalue weighted by Gasteiger charge is 2.11. The average molecular weight is 321 g/mol. The summed E-state index contributed by atoms with van der Waals surface area (Å²) in [5, 5.41) is 14.7. The van der Waals surface area contributed by atoms with Crippen LogP contribution in [0, 0.1) is 11.8 Å². The van der Waals surface area contributed by atoms with Gasteiger partial charge in [-0.25, -0.2) is 0 Å². The number of phenols is 1. The van der Waals surface area contributed by atoms with Crippen LogP contribution in [-0.2, 0) is 6.54 Å². The normalized spacial score (nSPS) is 9.81. The van der Waals surface area contributed by atoms with Crippen LogP contribution in [0.5, 0.6) is 5.75 Å². The molecule has 0 saturated heterocycles. The Balaban J connectivity index is 1.99. The summed E-state index contributed by atoms with van der Waals surface area (Å²) in [6.45, 7) is 0.688. The van der Waals surface area contributed by atoms with E-state index in [0.717, 1.165) is 10.4 Å². The molecule has 1 heterocycles. The van der Waals surface area contributed by atoms with Gasteiger partial charge in [0.1, 0.15) is 5.75 Å². The molecule has 1 aromatic heterocycles. The fourth-order valence-electron chi connectivity index (χ4n) is 1.65. The topological polar surface area (TPSA) is 75.3 Å². The van der Waals surface area contributed by atoms with Crippen molar-refractivity contribution in [3.05, 3.63) is 50.7 Å². The zero-order valence-corrected chi connectivity index (χ0v) is 12.6. The van der Waals surface area contributed by atoms with Gasteiger partial charge in [-0.2, -0.15) is 0 Å². The largest absolute Gasteiger partial charge is 0.507 e. The second-order valence-corrected chi connectivity index (χ2v) is 5.58. The Morgan fingerprint density at radius 3 is 2.95 bits per heavy atom. The Hall–Kier alpha value is -2.00. The molecule has 108 valence electrons. The molecule has 0 unspecified atom stereocenters. The standard InChI is InChI=1S/C15H13ClN2O2S/c16-11-3-4-13(14(19)7-11)15(20)18-8-12-6-10(9-21-12)2-1-5-17/h3-4,6-7,9,19H,5,8,17H2,(H,18,20). The van der Waals surface area contributed by atoms with Crippen molar-refractivity contribution in [2.24, 2.45) is 5.73 Å². The predicted molar refractivity (Wildman–Crippen MR) is 84.5 cm³/mol. The summed E-state index contributed by atoms with van der Waals surface area (Å²) in [6.07, 6.45) is 0. The fraction of sp³-hybridized carbons (Fsp3) is 0.133. The van der Waals surface area contributed by atoms with Gasteiger partial charge in [-0.1, -0.05) is 23.4 Å². The summed E-state index contributed by atoms with van der Waals surface area (Å²) in [4.78, 5) is 12.9. The van der Waals surface area contributed by atoms with Crippen molar-refractivity contribution >= 4 is 28.8 Å². The van der Waals surface area contributed by atoms with Crippen LogP contribution in [0.1, 0.15) is 20.8 Å². The van der Waals surface area contributed by atoms with E-state index in [1.165, 1.54) is 23.5 Å². The maximum atomic E-state index is 12.0. The number of amides is 1. The minimum absolute atomic E-state index is 0.138. The Morgan fingerprint density at radius 1 is 1.43 bits per heavy atom. The maximum absolute atomic E-state index is 12.0. The number of halogens is 1. The van der Waals surface area contributed by atoms with Crippen molar-refractivity contribution in [2.75, 3.05) is 6.54 Å². The van der Waals surface area contributed by atoms with Gasteiger partial charge in [0.2, 0.25) is 0 Å². The van der Waals surface area contributed by atoms with Crippen LogP contribution >= 0.6 is 22.9 Å². The van der Waals surface area contributed by atoms with Gasteiger partial charge in [0, 0.05) is 20.8 Å². The van der Waals surface area contributed by atoms with E-state index < -0.39 is 0 Å². The lowest BCUT2D eigenvalue weighted by Crippen LogP contribution is -2.22. The Morgan fingerprint density at radius 2 is 2.24 bits per heavy atom.